The van der Waals surface area contributed by atoms with E-state index in [1.54, 1.807) is 18.2 Å². The van der Waals surface area contributed by atoms with E-state index in [0.29, 0.717) is 30.2 Å². The molecule has 0 radical (unpaired) electrons. The van der Waals surface area contributed by atoms with Gasteiger partial charge in [0.2, 0.25) is 0 Å². The number of amides is 3. The van der Waals surface area contributed by atoms with Crippen LogP contribution >= 0.6 is 11.6 Å². The number of aromatic nitrogens is 2. The molecule has 0 atom stereocenters. The topological polar surface area (TPSA) is 108 Å². The summed E-state index contributed by atoms with van der Waals surface area (Å²) in [4.78, 5) is 31.2. The minimum Gasteiger partial charge on any atom is -0.484 e. The molecule has 3 rings (SSSR count). The van der Waals surface area contributed by atoms with Crippen LogP contribution in [0, 0.1) is 6.92 Å². The molecule has 8 nitrogen and oxygen atoms in total. The lowest BCUT2D eigenvalue weighted by molar-refractivity contribution is -0.123. The van der Waals surface area contributed by atoms with Gasteiger partial charge in [-0.3, -0.25) is 10.2 Å². The van der Waals surface area contributed by atoms with Gasteiger partial charge in [-0.1, -0.05) is 23.7 Å². The highest BCUT2D eigenvalue weighted by Gasteiger charge is 2.07. The SMILES string of the molecule is Cc1cc(OCC(=O)NNC(=O)NCCCc2nc3ccccc3[nH]2)ccc1Cl. The lowest BCUT2D eigenvalue weighted by Gasteiger charge is -2.10. The molecule has 0 saturated carbocycles. The fraction of sp³-hybridized carbons (Fsp3) is 0.250. The highest BCUT2D eigenvalue weighted by molar-refractivity contribution is 6.31. The van der Waals surface area contributed by atoms with Crippen LogP contribution in [-0.2, 0) is 11.2 Å². The summed E-state index contributed by atoms with van der Waals surface area (Å²) in [5.74, 6) is 0.920. The third-order valence-electron chi connectivity index (χ3n) is 4.13. The number of hydrogen-bond acceptors (Lipinski definition) is 4. The van der Waals surface area contributed by atoms with Gasteiger partial charge >= 0.3 is 6.03 Å². The molecule has 29 heavy (non-hydrogen) atoms. The number of carbonyl (C=O) groups excluding carboxylic acids is 2. The second-order valence-electron chi connectivity index (χ2n) is 6.43. The van der Waals surface area contributed by atoms with E-state index in [1.807, 2.05) is 31.2 Å². The number of urea groups is 1. The molecule has 9 heteroatoms. The summed E-state index contributed by atoms with van der Waals surface area (Å²) in [6, 6.07) is 12.4. The smallest absolute Gasteiger partial charge is 0.333 e. The van der Waals surface area contributed by atoms with Crippen LogP contribution in [0.3, 0.4) is 0 Å². The Labute approximate surface area is 173 Å². The zero-order valence-electron chi connectivity index (χ0n) is 15.9. The second kappa shape index (κ2) is 9.79. The molecule has 0 aliphatic heterocycles. The monoisotopic (exact) mass is 415 g/mol. The molecule has 3 amide bonds. The summed E-state index contributed by atoms with van der Waals surface area (Å²) in [7, 11) is 0. The maximum atomic E-state index is 11.8. The van der Waals surface area contributed by atoms with E-state index < -0.39 is 11.9 Å². The van der Waals surface area contributed by atoms with Gasteiger partial charge in [0.05, 0.1) is 11.0 Å². The lowest BCUT2D eigenvalue weighted by atomic mass is 10.2. The number of H-pyrrole nitrogens is 1. The van der Waals surface area contributed by atoms with E-state index in [1.165, 1.54) is 0 Å². The van der Waals surface area contributed by atoms with Gasteiger partial charge in [-0.25, -0.2) is 15.2 Å². The van der Waals surface area contributed by atoms with Crippen LogP contribution in [-0.4, -0.2) is 35.1 Å². The van der Waals surface area contributed by atoms with Gasteiger partial charge in [0.1, 0.15) is 11.6 Å². The standard InChI is InChI=1S/C20H22ClN5O3/c1-13-11-14(8-9-15(13)21)29-12-19(27)25-26-20(28)22-10-4-7-18-23-16-5-2-3-6-17(16)24-18/h2-3,5-6,8-9,11H,4,7,10,12H2,1H3,(H,23,24)(H,25,27)(H2,22,26,28). The quantitative estimate of drug-likeness (QED) is 0.351. The van der Waals surface area contributed by atoms with Gasteiger partial charge in [-0.2, -0.15) is 0 Å². The molecule has 3 aromatic rings. The number of hydrogen-bond donors (Lipinski definition) is 4. The fourth-order valence-corrected chi connectivity index (χ4v) is 2.76. The van der Waals surface area contributed by atoms with Crippen molar-refractivity contribution in [1.29, 1.82) is 0 Å². The molecular formula is C20H22ClN5O3. The predicted molar refractivity (Wildman–Crippen MR) is 111 cm³/mol. The van der Waals surface area contributed by atoms with Crippen molar-refractivity contribution in [3.8, 4) is 5.75 Å². The summed E-state index contributed by atoms with van der Waals surface area (Å²) in [5.41, 5.74) is 7.34. The van der Waals surface area contributed by atoms with Crippen LogP contribution in [0.5, 0.6) is 5.75 Å². The fourth-order valence-electron chi connectivity index (χ4n) is 2.64. The van der Waals surface area contributed by atoms with Crippen LogP contribution in [0.2, 0.25) is 5.02 Å². The molecule has 1 aromatic heterocycles. The number of aromatic amines is 1. The first-order chi connectivity index (χ1) is 14.0. The Kier molecular flexibility index (Phi) is 6.91. The Morgan fingerprint density at radius 3 is 2.79 bits per heavy atom. The van der Waals surface area contributed by atoms with Crippen molar-refractivity contribution < 1.29 is 14.3 Å². The van der Waals surface area contributed by atoms with E-state index in [-0.39, 0.29) is 6.61 Å². The first kappa shape index (κ1) is 20.5. The average Bonchev–Trinajstić information content (AvgIpc) is 3.13. The summed E-state index contributed by atoms with van der Waals surface area (Å²) in [6.07, 6.45) is 1.41. The molecule has 0 fully saturated rings. The minimum absolute atomic E-state index is 0.229. The number of aryl methyl sites for hydroxylation is 2. The van der Waals surface area contributed by atoms with Crippen LogP contribution in [0.4, 0.5) is 4.79 Å². The third kappa shape index (κ3) is 6.11. The van der Waals surface area contributed by atoms with Gasteiger partial charge in [-0.15, -0.1) is 0 Å². The van der Waals surface area contributed by atoms with Crippen molar-refractivity contribution in [2.24, 2.45) is 0 Å². The van der Waals surface area contributed by atoms with Gasteiger partial charge < -0.3 is 15.0 Å². The Hall–Kier alpha value is -3.26. The van der Waals surface area contributed by atoms with E-state index in [2.05, 4.69) is 26.1 Å². The molecule has 0 aliphatic carbocycles. The molecule has 0 saturated heterocycles. The number of carbonyl (C=O) groups is 2. The molecule has 0 bridgehead atoms. The number of hydrazine groups is 1. The Morgan fingerprint density at radius 2 is 2.00 bits per heavy atom. The summed E-state index contributed by atoms with van der Waals surface area (Å²) in [6.45, 7) is 2.06. The third-order valence-corrected chi connectivity index (χ3v) is 4.55. The molecular weight excluding hydrogens is 394 g/mol. The van der Waals surface area contributed by atoms with E-state index in [9.17, 15) is 9.59 Å². The number of benzene rings is 2. The Bertz CT molecular complexity index is 972. The molecule has 2 aromatic carbocycles. The number of ether oxygens (including phenoxy) is 1. The zero-order valence-corrected chi connectivity index (χ0v) is 16.7. The average molecular weight is 416 g/mol. The molecule has 0 unspecified atom stereocenters. The second-order valence-corrected chi connectivity index (χ2v) is 6.84. The van der Waals surface area contributed by atoms with Crippen molar-refractivity contribution in [3.05, 3.63) is 58.9 Å². The number of para-hydroxylation sites is 2. The van der Waals surface area contributed by atoms with Crippen molar-refractivity contribution in [2.45, 2.75) is 19.8 Å². The van der Waals surface area contributed by atoms with E-state index >= 15 is 0 Å². The highest BCUT2D eigenvalue weighted by Crippen LogP contribution is 2.20. The zero-order chi connectivity index (χ0) is 20.6. The van der Waals surface area contributed by atoms with Crippen LogP contribution in [0.1, 0.15) is 17.8 Å². The van der Waals surface area contributed by atoms with Crippen LogP contribution in [0.25, 0.3) is 11.0 Å². The summed E-state index contributed by atoms with van der Waals surface area (Å²) >= 11 is 5.94. The molecule has 152 valence electrons. The normalized spacial score (nSPS) is 10.6. The maximum absolute atomic E-state index is 11.8. The van der Waals surface area contributed by atoms with E-state index in [0.717, 1.165) is 22.4 Å². The largest absolute Gasteiger partial charge is 0.484 e. The molecule has 1 heterocycles. The summed E-state index contributed by atoms with van der Waals surface area (Å²) < 4.78 is 5.36. The number of halogens is 1. The van der Waals surface area contributed by atoms with Crippen molar-refractivity contribution in [2.75, 3.05) is 13.2 Å². The molecule has 0 aliphatic rings. The van der Waals surface area contributed by atoms with Crippen LogP contribution < -0.4 is 20.9 Å². The van der Waals surface area contributed by atoms with Gasteiger partial charge in [0, 0.05) is 18.0 Å². The van der Waals surface area contributed by atoms with Gasteiger partial charge in [-0.05, 0) is 49.2 Å². The number of nitrogens with zero attached hydrogens (tertiary/aromatic N) is 1. The Morgan fingerprint density at radius 1 is 1.17 bits per heavy atom. The van der Waals surface area contributed by atoms with E-state index in [4.69, 9.17) is 16.3 Å². The number of fused-ring (bicyclic) bond motifs is 1. The first-order valence-electron chi connectivity index (χ1n) is 9.16. The summed E-state index contributed by atoms with van der Waals surface area (Å²) in [5, 5.41) is 3.29. The Balaban J connectivity index is 1.30. The van der Waals surface area contributed by atoms with Crippen molar-refractivity contribution >= 4 is 34.6 Å². The number of rotatable bonds is 7. The number of imidazole rings is 1. The first-order valence-corrected chi connectivity index (χ1v) is 9.54. The maximum Gasteiger partial charge on any atom is 0.333 e. The number of nitrogens with one attached hydrogen (secondary N) is 4. The molecule has 4 N–H and O–H groups in total. The van der Waals surface area contributed by atoms with Crippen molar-refractivity contribution in [1.82, 2.24) is 26.1 Å². The molecule has 0 spiro atoms. The van der Waals surface area contributed by atoms with Crippen LogP contribution in [0.15, 0.2) is 42.5 Å². The lowest BCUT2D eigenvalue weighted by Crippen LogP contribution is -2.48. The van der Waals surface area contributed by atoms with Gasteiger partial charge in [0.25, 0.3) is 5.91 Å². The predicted octanol–water partition coefficient (Wildman–Crippen LogP) is 2.87. The minimum atomic E-state index is -0.495. The van der Waals surface area contributed by atoms with Gasteiger partial charge in [0.15, 0.2) is 6.61 Å². The van der Waals surface area contributed by atoms with Crippen molar-refractivity contribution in [3.63, 3.8) is 0 Å². The highest BCUT2D eigenvalue weighted by atomic mass is 35.5.